The SMILES string of the molecule is CCOc1ccc(-n2c(C)nnc2S[C@H](C[N+](=O)[O-])c2ccc(OCc3ccc(Br)cc3)cc2)cc1. The van der Waals surface area contributed by atoms with Gasteiger partial charge in [0.15, 0.2) is 5.16 Å². The van der Waals surface area contributed by atoms with E-state index in [1.807, 2.05) is 91.2 Å². The summed E-state index contributed by atoms with van der Waals surface area (Å²) in [7, 11) is 0. The molecule has 0 N–H and O–H groups in total. The maximum absolute atomic E-state index is 11.5. The van der Waals surface area contributed by atoms with Crippen molar-refractivity contribution in [2.24, 2.45) is 0 Å². The molecule has 186 valence electrons. The molecule has 0 amide bonds. The molecule has 36 heavy (non-hydrogen) atoms. The van der Waals surface area contributed by atoms with Crippen LogP contribution in [-0.2, 0) is 6.61 Å². The third-order valence-corrected chi connectivity index (χ3v) is 7.04. The standard InChI is InChI=1S/C26H25BrN4O4S/c1-3-34-23-14-10-22(11-15-23)31-18(2)28-29-26(31)36-25(16-30(32)33)20-6-12-24(13-7-20)35-17-19-4-8-21(27)9-5-19/h4-15,25H,3,16-17H2,1-2H3/t25-/m1/s1. The predicted octanol–water partition coefficient (Wildman–Crippen LogP) is 6.43. The fourth-order valence-electron chi connectivity index (χ4n) is 3.57. The smallest absolute Gasteiger partial charge is 0.220 e. The van der Waals surface area contributed by atoms with E-state index < -0.39 is 5.25 Å². The van der Waals surface area contributed by atoms with Crippen LogP contribution in [0.3, 0.4) is 0 Å². The van der Waals surface area contributed by atoms with Crippen LogP contribution in [0.4, 0.5) is 0 Å². The molecule has 0 aliphatic rings. The van der Waals surface area contributed by atoms with Gasteiger partial charge in [-0.15, -0.1) is 10.2 Å². The maximum atomic E-state index is 11.5. The summed E-state index contributed by atoms with van der Waals surface area (Å²) in [5.74, 6) is 2.16. The second-order valence-corrected chi connectivity index (χ2v) is 9.98. The van der Waals surface area contributed by atoms with Crippen LogP contribution in [0.5, 0.6) is 11.5 Å². The Morgan fingerprint density at radius 3 is 2.25 bits per heavy atom. The van der Waals surface area contributed by atoms with Crippen molar-refractivity contribution < 1.29 is 14.4 Å². The molecule has 0 bridgehead atoms. The van der Waals surface area contributed by atoms with E-state index in [1.54, 1.807) is 0 Å². The molecule has 0 aliphatic heterocycles. The van der Waals surface area contributed by atoms with Crippen molar-refractivity contribution in [1.29, 1.82) is 0 Å². The minimum absolute atomic E-state index is 0.251. The molecule has 0 radical (unpaired) electrons. The first-order valence-corrected chi connectivity index (χ1v) is 13.0. The largest absolute Gasteiger partial charge is 0.494 e. The number of nitro groups is 1. The highest BCUT2D eigenvalue weighted by Crippen LogP contribution is 2.36. The highest BCUT2D eigenvalue weighted by atomic mass is 79.9. The van der Waals surface area contributed by atoms with Crippen molar-refractivity contribution in [3.63, 3.8) is 0 Å². The molecule has 0 unspecified atom stereocenters. The van der Waals surface area contributed by atoms with Crippen molar-refractivity contribution in [2.45, 2.75) is 30.9 Å². The van der Waals surface area contributed by atoms with Crippen molar-refractivity contribution in [3.8, 4) is 17.2 Å². The van der Waals surface area contributed by atoms with Gasteiger partial charge in [-0.05, 0) is 73.5 Å². The Hall–Kier alpha value is -3.37. The summed E-state index contributed by atoms with van der Waals surface area (Å²) in [6, 6.07) is 22.9. The van der Waals surface area contributed by atoms with E-state index in [-0.39, 0.29) is 11.5 Å². The molecule has 0 spiro atoms. The zero-order chi connectivity index (χ0) is 25.5. The molecule has 0 saturated carbocycles. The van der Waals surface area contributed by atoms with Crippen molar-refractivity contribution >= 4 is 27.7 Å². The number of benzene rings is 3. The Bertz CT molecular complexity index is 1300. The first kappa shape index (κ1) is 25.7. The van der Waals surface area contributed by atoms with Crippen LogP contribution in [0.25, 0.3) is 5.69 Å². The lowest BCUT2D eigenvalue weighted by Crippen LogP contribution is -2.11. The van der Waals surface area contributed by atoms with Gasteiger partial charge in [-0.3, -0.25) is 14.7 Å². The molecule has 0 aliphatic carbocycles. The number of halogens is 1. The molecule has 10 heteroatoms. The number of ether oxygens (including phenoxy) is 2. The van der Waals surface area contributed by atoms with Gasteiger partial charge in [0.25, 0.3) is 0 Å². The second-order valence-electron chi connectivity index (χ2n) is 7.90. The van der Waals surface area contributed by atoms with Crippen molar-refractivity contribution in [2.75, 3.05) is 13.2 Å². The number of hydrogen-bond acceptors (Lipinski definition) is 7. The lowest BCUT2D eigenvalue weighted by molar-refractivity contribution is -0.479. The van der Waals surface area contributed by atoms with Gasteiger partial charge in [-0.2, -0.15) is 0 Å². The van der Waals surface area contributed by atoms with Gasteiger partial charge in [0.05, 0.1) is 6.61 Å². The highest BCUT2D eigenvalue weighted by molar-refractivity contribution is 9.10. The van der Waals surface area contributed by atoms with Gasteiger partial charge < -0.3 is 9.47 Å². The molecular formula is C26H25BrN4O4S. The summed E-state index contributed by atoms with van der Waals surface area (Å²) in [6.45, 7) is 4.56. The number of nitrogens with zero attached hydrogens (tertiary/aromatic N) is 4. The predicted molar refractivity (Wildman–Crippen MR) is 143 cm³/mol. The van der Waals surface area contributed by atoms with E-state index in [4.69, 9.17) is 9.47 Å². The maximum Gasteiger partial charge on any atom is 0.220 e. The summed E-state index contributed by atoms with van der Waals surface area (Å²) in [4.78, 5) is 11.2. The normalized spacial score (nSPS) is 11.8. The number of hydrogen-bond donors (Lipinski definition) is 0. The van der Waals surface area contributed by atoms with E-state index >= 15 is 0 Å². The Balaban J connectivity index is 1.51. The highest BCUT2D eigenvalue weighted by Gasteiger charge is 2.24. The van der Waals surface area contributed by atoms with E-state index in [1.165, 1.54) is 11.8 Å². The summed E-state index contributed by atoms with van der Waals surface area (Å²) in [5, 5.41) is 20.1. The Morgan fingerprint density at radius 2 is 1.61 bits per heavy atom. The number of rotatable bonds is 11. The quantitative estimate of drug-likeness (QED) is 0.117. The first-order valence-electron chi connectivity index (χ1n) is 11.3. The van der Waals surface area contributed by atoms with E-state index in [9.17, 15) is 10.1 Å². The Labute approximate surface area is 221 Å². The first-order chi connectivity index (χ1) is 17.4. The van der Waals surface area contributed by atoms with Gasteiger partial charge in [0, 0.05) is 15.1 Å². The summed E-state index contributed by atoms with van der Waals surface area (Å²) < 4.78 is 14.3. The fourth-order valence-corrected chi connectivity index (χ4v) is 5.01. The molecule has 1 atom stereocenters. The average molecular weight is 569 g/mol. The molecular weight excluding hydrogens is 544 g/mol. The number of aromatic nitrogens is 3. The van der Waals surface area contributed by atoms with E-state index in [0.717, 1.165) is 27.0 Å². The van der Waals surface area contributed by atoms with Gasteiger partial charge >= 0.3 is 0 Å². The van der Waals surface area contributed by atoms with Gasteiger partial charge in [-0.25, -0.2) is 0 Å². The van der Waals surface area contributed by atoms with Crippen LogP contribution in [0, 0.1) is 17.0 Å². The summed E-state index contributed by atoms with van der Waals surface area (Å²) in [6.07, 6.45) is 0. The molecule has 4 rings (SSSR count). The van der Waals surface area contributed by atoms with Gasteiger partial charge in [0.1, 0.15) is 29.2 Å². The monoisotopic (exact) mass is 568 g/mol. The lowest BCUT2D eigenvalue weighted by atomic mass is 10.1. The summed E-state index contributed by atoms with van der Waals surface area (Å²) in [5.41, 5.74) is 2.72. The van der Waals surface area contributed by atoms with Gasteiger partial charge in [0.2, 0.25) is 6.54 Å². The molecule has 4 aromatic rings. The average Bonchev–Trinajstić information content (AvgIpc) is 3.24. The molecule has 3 aromatic carbocycles. The molecule has 0 fully saturated rings. The number of aryl methyl sites for hydroxylation is 1. The Morgan fingerprint density at radius 1 is 0.972 bits per heavy atom. The van der Waals surface area contributed by atoms with Crippen LogP contribution >= 0.6 is 27.7 Å². The molecule has 1 heterocycles. The summed E-state index contributed by atoms with van der Waals surface area (Å²) >= 11 is 4.74. The second kappa shape index (κ2) is 12.0. The van der Waals surface area contributed by atoms with Crippen LogP contribution in [-0.4, -0.2) is 32.8 Å². The van der Waals surface area contributed by atoms with Crippen molar-refractivity contribution in [1.82, 2.24) is 14.8 Å². The lowest BCUT2D eigenvalue weighted by Gasteiger charge is -2.15. The minimum Gasteiger partial charge on any atom is -0.494 e. The van der Waals surface area contributed by atoms with Crippen LogP contribution in [0.1, 0.15) is 29.1 Å². The molecule has 0 saturated heterocycles. The topological polar surface area (TPSA) is 92.3 Å². The Kier molecular flexibility index (Phi) is 8.61. The van der Waals surface area contributed by atoms with Gasteiger partial charge in [-0.1, -0.05) is 52.0 Å². The third-order valence-electron chi connectivity index (χ3n) is 5.33. The van der Waals surface area contributed by atoms with Crippen LogP contribution in [0.2, 0.25) is 0 Å². The van der Waals surface area contributed by atoms with Crippen molar-refractivity contribution in [3.05, 3.63) is 104 Å². The zero-order valence-corrected chi connectivity index (χ0v) is 22.2. The van der Waals surface area contributed by atoms with Crippen LogP contribution < -0.4 is 9.47 Å². The van der Waals surface area contributed by atoms with E-state index in [2.05, 4.69) is 26.1 Å². The third kappa shape index (κ3) is 6.64. The van der Waals surface area contributed by atoms with E-state index in [0.29, 0.717) is 29.9 Å². The fraction of sp³-hybridized carbons (Fsp3) is 0.231. The molecule has 1 aromatic heterocycles. The minimum atomic E-state index is -0.453. The molecule has 8 nitrogen and oxygen atoms in total. The zero-order valence-electron chi connectivity index (χ0n) is 19.8. The number of thioether (sulfide) groups is 1. The van der Waals surface area contributed by atoms with Crippen LogP contribution in [0.15, 0.2) is 82.4 Å².